The van der Waals surface area contributed by atoms with Gasteiger partial charge in [0.05, 0.1) is 13.7 Å². The van der Waals surface area contributed by atoms with Gasteiger partial charge in [-0.2, -0.15) is 0 Å². The van der Waals surface area contributed by atoms with Gasteiger partial charge in [0.1, 0.15) is 30.5 Å². The highest BCUT2D eigenvalue weighted by Gasteiger charge is 2.09. The molecule has 1 N–H and O–H groups in total. The van der Waals surface area contributed by atoms with Crippen molar-refractivity contribution in [2.45, 2.75) is 19.9 Å². The van der Waals surface area contributed by atoms with Gasteiger partial charge in [-0.1, -0.05) is 0 Å². The predicted molar refractivity (Wildman–Crippen MR) is 112 cm³/mol. The van der Waals surface area contributed by atoms with E-state index in [-0.39, 0.29) is 0 Å². The minimum absolute atomic E-state index is 0.452. The summed E-state index contributed by atoms with van der Waals surface area (Å²) < 4.78 is 18.1. The molecular formula is C20H32N6O3. The third kappa shape index (κ3) is 7.26. The molecule has 2 rings (SSSR count). The van der Waals surface area contributed by atoms with Gasteiger partial charge in [0.15, 0.2) is 11.8 Å². The number of aryl methyl sites for hydroxylation is 1. The molecule has 0 bridgehead atoms. The minimum atomic E-state index is 0.452. The number of hydrogen-bond acceptors (Lipinski definition) is 6. The zero-order valence-electron chi connectivity index (χ0n) is 18.0. The Hall–Kier alpha value is -2.81. The molecule has 0 aliphatic heterocycles. The lowest BCUT2D eigenvalue weighted by Crippen LogP contribution is -2.41. The van der Waals surface area contributed by atoms with Crippen LogP contribution in [0.5, 0.6) is 11.5 Å². The monoisotopic (exact) mass is 404 g/mol. The second-order valence-corrected chi connectivity index (χ2v) is 6.58. The summed E-state index contributed by atoms with van der Waals surface area (Å²) >= 11 is 0. The number of rotatable bonds is 11. The molecule has 160 valence electrons. The molecule has 0 amide bonds. The Kier molecular flexibility index (Phi) is 9.23. The normalized spacial score (nSPS) is 11.4. The fourth-order valence-corrected chi connectivity index (χ4v) is 2.54. The Labute approximate surface area is 172 Å². The summed E-state index contributed by atoms with van der Waals surface area (Å²) in [6.07, 6.45) is 0.898. The second-order valence-electron chi connectivity index (χ2n) is 6.58. The van der Waals surface area contributed by atoms with Crippen molar-refractivity contribution in [1.82, 2.24) is 25.0 Å². The van der Waals surface area contributed by atoms with Gasteiger partial charge in [0.25, 0.3) is 0 Å². The maximum atomic E-state index is 5.83. The Morgan fingerprint density at radius 1 is 1.14 bits per heavy atom. The summed E-state index contributed by atoms with van der Waals surface area (Å²) in [5, 5.41) is 11.6. The number of methoxy groups -OCH3 is 2. The van der Waals surface area contributed by atoms with Crippen LogP contribution in [0.3, 0.4) is 0 Å². The van der Waals surface area contributed by atoms with E-state index in [4.69, 9.17) is 19.2 Å². The number of nitrogens with zero attached hydrogens (tertiary/aromatic N) is 5. The van der Waals surface area contributed by atoms with Crippen LogP contribution >= 0.6 is 0 Å². The minimum Gasteiger partial charge on any atom is -0.497 e. The van der Waals surface area contributed by atoms with Crippen LogP contribution in [0.25, 0.3) is 0 Å². The number of hydrogen-bond donors (Lipinski definition) is 1. The second kappa shape index (κ2) is 11.9. The number of benzene rings is 1. The van der Waals surface area contributed by atoms with Gasteiger partial charge in [-0.25, -0.2) is 4.99 Å². The van der Waals surface area contributed by atoms with Crippen LogP contribution in [0.15, 0.2) is 29.3 Å². The lowest BCUT2D eigenvalue weighted by Gasteiger charge is -2.22. The Balaban J connectivity index is 1.92. The third-order valence-corrected chi connectivity index (χ3v) is 4.48. The van der Waals surface area contributed by atoms with Gasteiger partial charge >= 0.3 is 0 Å². The van der Waals surface area contributed by atoms with Crippen LogP contribution in [-0.4, -0.2) is 73.2 Å². The topological polar surface area (TPSA) is 86.0 Å². The van der Waals surface area contributed by atoms with Crippen molar-refractivity contribution < 1.29 is 14.2 Å². The molecule has 0 spiro atoms. The van der Waals surface area contributed by atoms with Gasteiger partial charge in [0, 0.05) is 34.4 Å². The van der Waals surface area contributed by atoms with Gasteiger partial charge < -0.3 is 29.0 Å². The zero-order chi connectivity index (χ0) is 21.1. The Morgan fingerprint density at radius 3 is 2.48 bits per heavy atom. The molecule has 0 aliphatic rings. The molecule has 9 heteroatoms. The molecule has 0 atom stereocenters. The summed E-state index contributed by atoms with van der Waals surface area (Å²) in [6.45, 7) is 5.06. The first kappa shape index (κ1) is 22.5. The number of guanidine groups is 1. The molecule has 0 fully saturated rings. The Bertz CT molecular complexity index is 760. The first-order valence-electron chi connectivity index (χ1n) is 9.65. The van der Waals surface area contributed by atoms with Crippen LogP contribution in [0.4, 0.5) is 0 Å². The molecule has 0 radical (unpaired) electrons. The van der Waals surface area contributed by atoms with Crippen molar-refractivity contribution in [3.63, 3.8) is 0 Å². The highest BCUT2D eigenvalue weighted by molar-refractivity contribution is 5.79. The SMILES string of the molecule is COCCCNC(=NCc1nnc(C)n1C)N(C)CCOc1ccc(OC)cc1. The number of nitrogens with one attached hydrogen (secondary N) is 1. The fourth-order valence-electron chi connectivity index (χ4n) is 2.54. The summed E-state index contributed by atoms with van der Waals surface area (Å²) in [6, 6.07) is 7.55. The standard InChI is InChI=1S/C20H32N6O3/c1-16-23-24-19(26(16)3)15-22-20(21-11-6-13-27-4)25(2)12-14-29-18-9-7-17(28-5)8-10-18/h7-10H,6,11-15H2,1-5H3,(H,21,22). The molecule has 29 heavy (non-hydrogen) atoms. The average Bonchev–Trinajstić information content (AvgIpc) is 3.05. The molecule has 0 unspecified atom stereocenters. The van der Waals surface area contributed by atoms with Crippen LogP contribution in [0, 0.1) is 6.92 Å². The first-order valence-corrected chi connectivity index (χ1v) is 9.65. The van der Waals surface area contributed by atoms with Crippen LogP contribution in [0.2, 0.25) is 0 Å². The van der Waals surface area contributed by atoms with Gasteiger partial charge in [-0.3, -0.25) is 0 Å². The molecule has 1 heterocycles. The van der Waals surface area contributed by atoms with Crippen molar-refractivity contribution in [2.75, 3.05) is 47.6 Å². The van der Waals surface area contributed by atoms with Crippen LogP contribution < -0.4 is 14.8 Å². The Morgan fingerprint density at radius 2 is 1.86 bits per heavy atom. The lowest BCUT2D eigenvalue weighted by molar-refractivity contribution is 0.195. The maximum absolute atomic E-state index is 5.83. The lowest BCUT2D eigenvalue weighted by atomic mass is 10.3. The third-order valence-electron chi connectivity index (χ3n) is 4.48. The van der Waals surface area contributed by atoms with E-state index in [1.165, 1.54) is 0 Å². The van der Waals surface area contributed by atoms with Crippen molar-refractivity contribution >= 4 is 5.96 Å². The summed E-state index contributed by atoms with van der Waals surface area (Å²) in [4.78, 5) is 6.75. The van der Waals surface area contributed by atoms with E-state index in [2.05, 4.69) is 15.5 Å². The highest BCUT2D eigenvalue weighted by atomic mass is 16.5. The van der Waals surface area contributed by atoms with Crippen molar-refractivity contribution in [3.05, 3.63) is 35.9 Å². The molecule has 0 saturated carbocycles. The van der Waals surface area contributed by atoms with Crippen molar-refractivity contribution in [2.24, 2.45) is 12.0 Å². The van der Waals surface area contributed by atoms with Crippen molar-refractivity contribution in [3.8, 4) is 11.5 Å². The van der Waals surface area contributed by atoms with Gasteiger partial charge in [-0.15, -0.1) is 10.2 Å². The van der Waals surface area contributed by atoms with E-state index in [9.17, 15) is 0 Å². The quantitative estimate of drug-likeness (QED) is 0.346. The maximum Gasteiger partial charge on any atom is 0.194 e. The molecule has 1 aromatic heterocycles. The molecule has 0 saturated heterocycles. The summed E-state index contributed by atoms with van der Waals surface area (Å²) in [5.74, 6) is 4.09. The molecule has 1 aromatic carbocycles. The smallest absolute Gasteiger partial charge is 0.194 e. The van der Waals surface area contributed by atoms with E-state index in [0.717, 1.165) is 42.1 Å². The summed E-state index contributed by atoms with van der Waals surface area (Å²) in [5.41, 5.74) is 0. The average molecular weight is 405 g/mol. The van der Waals surface area contributed by atoms with Crippen LogP contribution in [-0.2, 0) is 18.3 Å². The molecule has 2 aromatic rings. The number of aromatic nitrogens is 3. The zero-order valence-corrected chi connectivity index (χ0v) is 18.0. The molecule has 9 nitrogen and oxygen atoms in total. The molecular weight excluding hydrogens is 372 g/mol. The number of aliphatic imine (C=N–C) groups is 1. The van der Waals surface area contributed by atoms with E-state index < -0.39 is 0 Å². The highest BCUT2D eigenvalue weighted by Crippen LogP contribution is 2.16. The molecule has 0 aliphatic carbocycles. The van der Waals surface area contributed by atoms with E-state index in [0.29, 0.717) is 26.3 Å². The van der Waals surface area contributed by atoms with Gasteiger partial charge in [0.2, 0.25) is 0 Å². The largest absolute Gasteiger partial charge is 0.497 e. The number of ether oxygens (including phenoxy) is 3. The van der Waals surface area contributed by atoms with E-state index in [1.54, 1.807) is 14.2 Å². The number of likely N-dealkylation sites (N-methyl/N-ethyl adjacent to an activating group) is 1. The first-order chi connectivity index (χ1) is 14.0. The van der Waals surface area contributed by atoms with Crippen LogP contribution in [0.1, 0.15) is 18.1 Å². The van der Waals surface area contributed by atoms with Crippen molar-refractivity contribution in [1.29, 1.82) is 0 Å². The predicted octanol–water partition coefficient (Wildman–Crippen LogP) is 1.63. The fraction of sp³-hybridized carbons (Fsp3) is 0.550. The van der Waals surface area contributed by atoms with E-state index in [1.807, 2.05) is 54.8 Å². The van der Waals surface area contributed by atoms with E-state index >= 15 is 0 Å². The summed E-state index contributed by atoms with van der Waals surface area (Å²) in [7, 11) is 7.28. The van der Waals surface area contributed by atoms with Gasteiger partial charge in [-0.05, 0) is 37.6 Å².